The Hall–Kier alpha value is -2.94. The first kappa shape index (κ1) is 23.2. The van der Waals surface area contributed by atoms with Crippen LogP contribution < -0.4 is 20.1 Å². The van der Waals surface area contributed by atoms with E-state index in [0.717, 1.165) is 44.4 Å². The van der Waals surface area contributed by atoms with Crippen LogP contribution in [-0.4, -0.2) is 50.8 Å². The molecule has 1 saturated heterocycles. The third-order valence-electron chi connectivity index (χ3n) is 7.06. The quantitative estimate of drug-likeness (QED) is 0.644. The van der Waals surface area contributed by atoms with E-state index in [1.807, 2.05) is 12.1 Å². The summed E-state index contributed by atoms with van der Waals surface area (Å²) < 4.78 is 50.9. The molecule has 4 rings (SSSR count). The Morgan fingerprint density at radius 1 is 1.06 bits per heavy atom. The Morgan fingerprint density at radius 2 is 1.76 bits per heavy atom. The molecule has 0 bridgehead atoms. The van der Waals surface area contributed by atoms with Gasteiger partial charge in [0.05, 0.1) is 14.2 Å². The van der Waals surface area contributed by atoms with E-state index in [1.54, 1.807) is 14.2 Å². The van der Waals surface area contributed by atoms with Crippen LogP contribution in [0.5, 0.6) is 11.5 Å². The zero-order valence-electron chi connectivity index (χ0n) is 18.9. The summed E-state index contributed by atoms with van der Waals surface area (Å²) in [7, 11) is 5.31. The standard InChI is InChI=1S/C24H28F3N3O3/c1-30-9-8-24(14-4-5-19(32-2)20(10-14)33-3)7-6-15(13-21(24)30)28-23(31)29-16-11-17(25)22(27)18(26)12-16/h4-5,10-12,15,21H,6-9,13H2,1-3H3,(H2,28,29,31)/t15-,21+,24+/m0/s1. The molecule has 2 amide bonds. The number of hydrogen-bond donors (Lipinski definition) is 2. The van der Waals surface area contributed by atoms with Crippen molar-refractivity contribution in [1.29, 1.82) is 0 Å². The van der Waals surface area contributed by atoms with Gasteiger partial charge in [-0.15, -0.1) is 0 Å². The average Bonchev–Trinajstić information content (AvgIpc) is 3.14. The highest BCUT2D eigenvalue weighted by molar-refractivity contribution is 5.89. The summed E-state index contributed by atoms with van der Waals surface area (Å²) in [4.78, 5) is 14.8. The van der Waals surface area contributed by atoms with Crippen LogP contribution in [0.25, 0.3) is 0 Å². The highest BCUT2D eigenvalue weighted by atomic mass is 19.2. The predicted molar refractivity (Wildman–Crippen MR) is 118 cm³/mol. The number of methoxy groups -OCH3 is 2. The number of hydrogen-bond acceptors (Lipinski definition) is 4. The Labute approximate surface area is 191 Å². The van der Waals surface area contributed by atoms with Crippen molar-refractivity contribution < 1.29 is 27.4 Å². The van der Waals surface area contributed by atoms with Crippen molar-refractivity contribution in [3.63, 3.8) is 0 Å². The predicted octanol–water partition coefficient (Wildman–Crippen LogP) is 4.44. The van der Waals surface area contributed by atoms with E-state index < -0.39 is 23.5 Å². The highest BCUT2D eigenvalue weighted by Gasteiger charge is 2.50. The van der Waals surface area contributed by atoms with Crippen LogP contribution >= 0.6 is 0 Å². The van der Waals surface area contributed by atoms with Crippen molar-refractivity contribution in [1.82, 2.24) is 10.2 Å². The zero-order chi connectivity index (χ0) is 23.8. The van der Waals surface area contributed by atoms with E-state index in [2.05, 4.69) is 28.6 Å². The van der Waals surface area contributed by atoms with Gasteiger partial charge in [0, 0.05) is 35.3 Å². The van der Waals surface area contributed by atoms with Crippen molar-refractivity contribution in [2.24, 2.45) is 0 Å². The average molecular weight is 464 g/mol. The normalized spacial score (nSPS) is 24.8. The number of likely N-dealkylation sites (N-methyl/N-ethyl adjacent to an activating group) is 1. The van der Waals surface area contributed by atoms with E-state index in [-0.39, 0.29) is 23.2 Å². The SMILES string of the molecule is COc1ccc([C@]23CC[C@H](NC(=O)Nc4cc(F)c(F)c(F)c4)C[C@H]2N(C)CC3)cc1OC. The highest BCUT2D eigenvalue weighted by Crippen LogP contribution is 2.49. The molecule has 1 saturated carbocycles. The fraction of sp³-hybridized carbons (Fsp3) is 0.458. The topological polar surface area (TPSA) is 62.8 Å². The first-order valence-electron chi connectivity index (χ1n) is 10.9. The number of fused-ring (bicyclic) bond motifs is 1. The van der Waals surface area contributed by atoms with Crippen molar-refractivity contribution in [2.45, 2.75) is 43.2 Å². The summed E-state index contributed by atoms with van der Waals surface area (Å²) in [6.07, 6.45) is 3.33. The molecule has 0 radical (unpaired) electrons. The smallest absolute Gasteiger partial charge is 0.319 e. The van der Waals surface area contributed by atoms with Gasteiger partial charge in [0.15, 0.2) is 29.0 Å². The van der Waals surface area contributed by atoms with Gasteiger partial charge in [-0.25, -0.2) is 18.0 Å². The lowest BCUT2D eigenvalue weighted by atomic mass is 9.65. The fourth-order valence-corrected chi connectivity index (χ4v) is 5.37. The van der Waals surface area contributed by atoms with Gasteiger partial charge in [0.25, 0.3) is 0 Å². The lowest BCUT2D eigenvalue weighted by Gasteiger charge is -2.45. The van der Waals surface area contributed by atoms with Crippen LogP contribution in [0.1, 0.15) is 31.2 Å². The van der Waals surface area contributed by atoms with Crippen LogP contribution in [0.3, 0.4) is 0 Å². The van der Waals surface area contributed by atoms with Crippen molar-refractivity contribution >= 4 is 11.7 Å². The van der Waals surface area contributed by atoms with E-state index in [9.17, 15) is 18.0 Å². The molecule has 2 aliphatic rings. The largest absolute Gasteiger partial charge is 0.493 e. The molecule has 6 nitrogen and oxygen atoms in total. The third kappa shape index (κ3) is 4.34. The second-order valence-electron chi connectivity index (χ2n) is 8.80. The summed E-state index contributed by atoms with van der Waals surface area (Å²) in [5.74, 6) is -2.90. The van der Waals surface area contributed by atoms with E-state index in [0.29, 0.717) is 11.5 Å². The van der Waals surface area contributed by atoms with Crippen molar-refractivity contribution in [3.05, 3.63) is 53.3 Å². The maximum absolute atomic E-state index is 13.4. The number of ether oxygens (including phenoxy) is 2. The molecule has 3 atom stereocenters. The molecule has 178 valence electrons. The van der Waals surface area contributed by atoms with Gasteiger partial charge in [0.1, 0.15) is 0 Å². The number of urea groups is 1. The Bertz CT molecular complexity index is 1030. The number of anilines is 1. The molecule has 33 heavy (non-hydrogen) atoms. The van der Waals surface area contributed by atoms with E-state index >= 15 is 0 Å². The van der Waals surface area contributed by atoms with Crippen LogP contribution in [0.2, 0.25) is 0 Å². The van der Waals surface area contributed by atoms with E-state index in [1.165, 1.54) is 5.56 Å². The number of nitrogens with zero attached hydrogens (tertiary/aromatic N) is 1. The minimum atomic E-state index is -1.57. The molecule has 2 aromatic carbocycles. The van der Waals surface area contributed by atoms with Crippen LogP contribution in [0, 0.1) is 17.5 Å². The van der Waals surface area contributed by atoms with Gasteiger partial charge in [-0.3, -0.25) is 0 Å². The van der Waals surface area contributed by atoms with Gasteiger partial charge in [-0.05, 0) is 57.0 Å². The van der Waals surface area contributed by atoms with Crippen LogP contribution in [0.4, 0.5) is 23.7 Å². The summed E-state index contributed by atoms with van der Waals surface area (Å²) in [5.41, 5.74) is 0.985. The number of carbonyl (C=O) groups excluding carboxylic acids is 1. The maximum Gasteiger partial charge on any atom is 0.319 e. The zero-order valence-corrected chi connectivity index (χ0v) is 18.9. The number of carbonyl (C=O) groups is 1. The monoisotopic (exact) mass is 463 g/mol. The van der Waals surface area contributed by atoms with E-state index in [4.69, 9.17) is 9.47 Å². The van der Waals surface area contributed by atoms with Gasteiger partial charge in [-0.2, -0.15) is 0 Å². The summed E-state index contributed by atoms with van der Waals surface area (Å²) in [6, 6.07) is 7.09. The van der Waals surface area contributed by atoms with Crippen LogP contribution in [-0.2, 0) is 5.41 Å². The molecule has 9 heteroatoms. The number of amides is 2. The number of benzene rings is 2. The fourth-order valence-electron chi connectivity index (χ4n) is 5.37. The molecule has 0 aromatic heterocycles. The molecule has 1 aliphatic heterocycles. The molecule has 0 unspecified atom stereocenters. The maximum atomic E-state index is 13.4. The van der Waals surface area contributed by atoms with Gasteiger partial charge >= 0.3 is 6.03 Å². The lowest BCUT2D eigenvalue weighted by Crippen LogP contribution is -2.52. The van der Waals surface area contributed by atoms with Gasteiger partial charge < -0.3 is 25.0 Å². The molecular formula is C24H28F3N3O3. The minimum Gasteiger partial charge on any atom is -0.493 e. The Balaban J connectivity index is 1.48. The number of likely N-dealkylation sites (tertiary alicyclic amines) is 1. The molecule has 2 fully saturated rings. The van der Waals surface area contributed by atoms with Crippen molar-refractivity contribution in [3.8, 4) is 11.5 Å². The first-order chi connectivity index (χ1) is 15.8. The molecule has 2 N–H and O–H groups in total. The third-order valence-corrected chi connectivity index (χ3v) is 7.06. The molecule has 0 spiro atoms. The lowest BCUT2D eigenvalue weighted by molar-refractivity contribution is 0.156. The second-order valence-corrected chi connectivity index (χ2v) is 8.80. The molecular weight excluding hydrogens is 435 g/mol. The second kappa shape index (κ2) is 9.13. The first-order valence-corrected chi connectivity index (χ1v) is 10.9. The van der Waals surface area contributed by atoms with Gasteiger partial charge in [-0.1, -0.05) is 6.07 Å². The number of nitrogens with one attached hydrogen (secondary N) is 2. The summed E-state index contributed by atoms with van der Waals surface area (Å²) in [6.45, 7) is 0.937. The summed E-state index contributed by atoms with van der Waals surface area (Å²) >= 11 is 0. The van der Waals surface area contributed by atoms with Crippen LogP contribution in [0.15, 0.2) is 30.3 Å². The Kier molecular flexibility index (Phi) is 6.43. The van der Waals surface area contributed by atoms with Crippen molar-refractivity contribution in [2.75, 3.05) is 33.1 Å². The Morgan fingerprint density at radius 3 is 2.42 bits per heavy atom. The summed E-state index contributed by atoms with van der Waals surface area (Å²) in [5, 5.41) is 5.30. The van der Waals surface area contributed by atoms with Gasteiger partial charge in [0.2, 0.25) is 0 Å². The molecule has 1 aliphatic carbocycles. The molecule has 2 aromatic rings. The number of halogens is 3. The molecule has 1 heterocycles. The minimum absolute atomic E-state index is 0.0633. The number of rotatable bonds is 5.